The van der Waals surface area contributed by atoms with E-state index in [0.29, 0.717) is 6.61 Å². The highest BCUT2D eigenvalue weighted by atomic mass is 35.8. The summed E-state index contributed by atoms with van der Waals surface area (Å²) < 4.78 is 4.99. The second-order valence-corrected chi connectivity index (χ2v) is 16.3. The van der Waals surface area contributed by atoms with Gasteiger partial charge in [0.2, 0.25) is 0 Å². The molecule has 0 aromatic heterocycles. The van der Waals surface area contributed by atoms with Gasteiger partial charge in [0.15, 0.2) is 0 Å². The molecule has 0 aliphatic carbocycles. The first-order chi connectivity index (χ1) is 12.0. The molecule has 0 aliphatic heterocycles. The normalized spacial score (nSPS) is 11.7. The van der Waals surface area contributed by atoms with Crippen molar-refractivity contribution in [1.29, 1.82) is 0 Å². The molecule has 0 heterocycles. The van der Waals surface area contributed by atoms with Crippen LogP contribution in [0, 0.1) is 0 Å². The molecule has 0 fully saturated rings. The fourth-order valence-electron chi connectivity index (χ4n) is 2.78. The van der Waals surface area contributed by atoms with Gasteiger partial charge < -0.3 is 4.74 Å². The molecule has 25 heavy (non-hydrogen) atoms. The van der Waals surface area contributed by atoms with Crippen LogP contribution < -0.4 is 0 Å². The average Bonchev–Trinajstić information content (AvgIpc) is 2.56. The molecule has 0 amide bonds. The Labute approximate surface area is 175 Å². The standard InChI is InChI=1S/C18H35Cl3O2SSi/c19-25(20,21)16-14-12-10-8-6-4-2-1-3-5-7-9-11-13-15-23-18(22)17-24/h24H,1-17H2. The van der Waals surface area contributed by atoms with Gasteiger partial charge in [-0.25, -0.2) is 0 Å². The lowest BCUT2D eigenvalue weighted by molar-refractivity contribution is -0.140. The SMILES string of the molecule is O=C(CS)OCCCCCCCCCCCCCCCC[Si](Cl)(Cl)Cl. The summed E-state index contributed by atoms with van der Waals surface area (Å²) in [5.41, 5.74) is 0. The van der Waals surface area contributed by atoms with Crippen LogP contribution in [0.4, 0.5) is 0 Å². The molecule has 150 valence electrons. The van der Waals surface area contributed by atoms with Gasteiger partial charge in [-0.3, -0.25) is 4.79 Å². The van der Waals surface area contributed by atoms with Crippen LogP contribution in [-0.2, 0) is 9.53 Å². The molecule has 0 N–H and O–H groups in total. The van der Waals surface area contributed by atoms with Gasteiger partial charge in [0.25, 0.3) is 0 Å². The van der Waals surface area contributed by atoms with Crippen LogP contribution >= 0.6 is 45.9 Å². The number of thiol groups is 1. The highest BCUT2D eigenvalue weighted by Crippen LogP contribution is 2.27. The Bertz CT molecular complexity index is 315. The molecule has 0 aromatic rings. The highest BCUT2D eigenvalue weighted by molar-refractivity contribution is 7.81. The van der Waals surface area contributed by atoms with Gasteiger partial charge in [0.05, 0.1) is 12.4 Å². The molecule has 0 aromatic carbocycles. The summed E-state index contributed by atoms with van der Waals surface area (Å²) >= 11 is 21.5. The molecule has 0 saturated carbocycles. The fourth-order valence-corrected chi connectivity index (χ4v) is 4.73. The van der Waals surface area contributed by atoms with Gasteiger partial charge in [-0.1, -0.05) is 83.5 Å². The second-order valence-electron chi connectivity index (χ2n) is 6.69. The molecule has 7 heteroatoms. The average molecular weight is 450 g/mol. The van der Waals surface area contributed by atoms with Crippen molar-refractivity contribution in [2.45, 2.75) is 95.9 Å². The van der Waals surface area contributed by atoms with Gasteiger partial charge in [-0.05, 0) is 12.5 Å². The Morgan fingerprint density at radius 2 is 1.04 bits per heavy atom. The lowest BCUT2D eigenvalue weighted by Gasteiger charge is -2.07. The van der Waals surface area contributed by atoms with E-state index in [9.17, 15) is 4.79 Å². The van der Waals surface area contributed by atoms with E-state index in [1.807, 2.05) is 0 Å². The maximum atomic E-state index is 10.9. The van der Waals surface area contributed by atoms with Crippen molar-refractivity contribution >= 4 is 57.8 Å². The van der Waals surface area contributed by atoms with Crippen LogP contribution in [0.3, 0.4) is 0 Å². The molecule has 2 nitrogen and oxygen atoms in total. The first-order valence-corrected chi connectivity index (χ1v) is 15.7. The molecular formula is C18H35Cl3O2SSi. The minimum absolute atomic E-state index is 0.179. The number of ether oxygens (including phenoxy) is 1. The Hall–Kier alpha value is 0.907. The summed E-state index contributed by atoms with van der Waals surface area (Å²) in [6, 6.07) is -1.57. The topological polar surface area (TPSA) is 26.3 Å². The van der Waals surface area contributed by atoms with Crippen LogP contribution in [-0.4, -0.2) is 24.3 Å². The molecule has 0 atom stereocenters. The van der Waals surface area contributed by atoms with E-state index in [4.69, 9.17) is 38.0 Å². The first-order valence-electron chi connectivity index (χ1n) is 9.79. The number of rotatable bonds is 18. The quantitative estimate of drug-likeness (QED) is 0.0767. The van der Waals surface area contributed by atoms with E-state index in [1.165, 1.54) is 70.6 Å². The largest absolute Gasteiger partial charge is 0.465 e. The lowest BCUT2D eigenvalue weighted by Crippen LogP contribution is -2.07. The van der Waals surface area contributed by atoms with Crippen LogP contribution in [0.15, 0.2) is 0 Å². The molecule has 0 aliphatic rings. The van der Waals surface area contributed by atoms with Gasteiger partial charge >= 0.3 is 12.0 Å². The maximum absolute atomic E-state index is 10.9. The fraction of sp³-hybridized carbons (Fsp3) is 0.944. The van der Waals surface area contributed by atoms with Gasteiger partial charge in [-0.2, -0.15) is 12.6 Å². The van der Waals surface area contributed by atoms with Crippen molar-refractivity contribution in [3.63, 3.8) is 0 Å². The van der Waals surface area contributed by atoms with Crippen molar-refractivity contribution in [3.8, 4) is 0 Å². The summed E-state index contributed by atoms with van der Waals surface area (Å²) in [4.78, 5) is 10.9. The number of hydrogen-bond donors (Lipinski definition) is 1. The van der Waals surface area contributed by atoms with Gasteiger partial charge in [-0.15, -0.1) is 33.2 Å². The van der Waals surface area contributed by atoms with Crippen molar-refractivity contribution < 1.29 is 9.53 Å². The monoisotopic (exact) mass is 448 g/mol. The molecular weight excluding hydrogens is 415 g/mol. The lowest BCUT2D eigenvalue weighted by atomic mass is 10.0. The predicted molar refractivity (Wildman–Crippen MR) is 118 cm³/mol. The molecule has 0 bridgehead atoms. The zero-order chi connectivity index (χ0) is 18.8. The number of halogens is 3. The van der Waals surface area contributed by atoms with E-state index < -0.39 is 6.00 Å². The smallest absolute Gasteiger partial charge is 0.341 e. The van der Waals surface area contributed by atoms with Crippen LogP contribution in [0.25, 0.3) is 0 Å². The van der Waals surface area contributed by atoms with E-state index in [-0.39, 0.29) is 11.7 Å². The maximum Gasteiger partial charge on any atom is 0.341 e. The highest BCUT2D eigenvalue weighted by Gasteiger charge is 2.23. The van der Waals surface area contributed by atoms with E-state index in [0.717, 1.165) is 25.3 Å². The van der Waals surface area contributed by atoms with Crippen molar-refractivity contribution in [2.24, 2.45) is 0 Å². The Balaban J connectivity index is 3.06. The Kier molecular flexibility index (Phi) is 18.9. The summed E-state index contributed by atoms with van der Waals surface area (Å²) in [7, 11) is 0. The van der Waals surface area contributed by atoms with Crippen molar-refractivity contribution in [2.75, 3.05) is 12.4 Å². The van der Waals surface area contributed by atoms with E-state index in [1.54, 1.807) is 0 Å². The van der Waals surface area contributed by atoms with E-state index >= 15 is 0 Å². The molecule has 0 saturated heterocycles. The number of hydrogen-bond acceptors (Lipinski definition) is 3. The first kappa shape index (κ1) is 25.9. The van der Waals surface area contributed by atoms with Gasteiger partial charge in [0.1, 0.15) is 0 Å². The Morgan fingerprint density at radius 3 is 1.40 bits per heavy atom. The van der Waals surface area contributed by atoms with Crippen molar-refractivity contribution in [1.82, 2.24) is 0 Å². The molecule has 0 spiro atoms. The third-order valence-corrected chi connectivity index (χ3v) is 7.13. The predicted octanol–water partition coefficient (Wildman–Crippen LogP) is 7.58. The van der Waals surface area contributed by atoms with Crippen LogP contribution in [0.5, 0.6) is 0 Å². The summed E-state index contributed by atoms with van der Waals surface area (Å²) in [5.74, 6) is -0.0363. The van der Waals surface area contributed by atoms with E-state index in [2.05, 4.69) is 12.6 Å². The second kappa shape index (κ2) is 18.3. The number of carbonyl (C=O) groups is 1. The minimum Gasteiger partial charge on any atom is -0.465 e. The van der Waals surface area contributed by atoms with Crippen LogP contribution in [0.2, 0.25) is 6.04 Å². The van der Waals surface area contributed by atoms with Gasteiger partial charge in [0, 0.05) is 0 Å². The zero-order valence-electron chi connectivity index (χ0n) is 15.4. The number of unbranched alkanes of at least 4 members (excludes halogenated alkanes) is 13. The summed E-state index contributed by atoms with van der Waals surface area (Å²) in [6.45, 7) is 0.547. The number of carbonyl (C=O) groups excluding carboxylic acids is 1. The molecule has 0 rings (SSSR count). The number of esters is 1. The zero-order valence-corrected chi connectivity index (χ0v) is 19.6. The minimum atomic E-state index is -2.38. The van der Waals surface area contributed by atoms with Crippen LogP contribution in [0.1, 0.15) is 89.9 Å². The molecule has 0 unspecified atom stereocenters. The van der Waals surface area contributed by atoms with Crippen molar-refractivity contribution in [3.05, 3.63) is 0 Å². The summed E-state index contributed by atoms with van der Waals surface area (Å²) in [6.07, 6.45) is 17.6. The Morgan fingerprint density at radius 1 is 0.680 bits per heavy atom. The third kappa shape index (κ3) is 22.9. The molecule has 0 radical (unpaired) electrons. The third-order valence-electron chi connectivity index (χ3n) is 4.25. The summed E-state index contributed by atoms with van der Waals surface area (Å²) in [5, 5.41) is 0.